The number of carboxylic acid groups (broad SMARTS) is 1. The Bertz CT molecular complexity index is 574. The number of hydrogen-bond donors (Lipinski definition) is 2. The Morgan fingerprint density at radius 1 is 1.23 bits per heavy atom. The third kappa shape index (κ3) is 4.54. The molecule has 1 aromatic carbocycles. The first-order chi connectivity index (χ1) is 10.3. The van der Waals surface area contributed by atoms with E-state index in [0.29, 0.717) is 23.4 Å². The van der Waals surface area contributed by atoms with Crippen molar-refractivity contribution in [2.45, 2.75) is 43.5 Å². The molecular weight excluding hydrogens is 345 g/mol. The van der Waals surface area contributed by atoms with Crippen molar-refractivity contribution in [3.63, 3.8) is 0 Å². The zero-order valence-corrected chi connectivity index (χ0v) is 15.0. The average molecular weight is 364 g/mol. The molecule has 0 unspecified atom stereocenters. The number of carboxylic acids is 1. The maximum Gasteiger partial charge on any atom is 0.305 e. The van der Waals surface area contributed by atoms with E-state index in [1.54, 1.807) is 6.07 Å². The highest BCUT2D eigenvalue weighted by Gasteiger charge is 2.32. The zero-order chi connectivity index (χ0) is 16.9. The van der Waals surface area contributed by atoms with Gasteiger partial charge in [0.05, 0.1) is 27.6 Å². The smallest absolute Gasteiger partial charge is 0.305 e. The van der Waals surface area contributed by atoms with Gasteiger partial charge in [0.15, 0.2) is 0 Å². The van der Waals surface area contributed by atoms with Crippen LogP contribution >= 0.6 is 35.0 Å². The number of halogens is 2. The number of hydrogen-bond acceptors (Lipinski definition) is 3. The number of thioether (sulfide) groups is 1. The number of nitrogens with one attached hydrogen (secondary N) is 1. The number of aliphatic carboxylic acids is 1. The van der Waals surface area contributed by atoms with Crippen LogP contribution in [0.15, 0.2) is 17.0 Å². The van der Waals surface area contributed by atoms with Gasteiger partial charge in [0, 0.05) is 4.90 Å². The minimum absolute atomic E-state index is 0.133. The first kappa shape index (κ1) is 19.1. The lowest BCUT2D eigenvalue weighted by atomic mass is 9.88. The molecular formula is C15H19Cl2NO3S. The fourth-order valence-electron chi connectivity index (χ4n) is 2.18. The summed E-state index contributed by atoms with van der Waals surface area (Å²) in [6.07, 6.45) is 2.75. The van der Waals surface area contributed by atoms with Crippen molar-refractivity contribution in [1.82, 2.24) is 5.32 Å². The number of amides is 1. The van der Waals surface area contributed by atoms with Crippen molar-refractivity contribution < 1.29 is 14.7 Å². The summed E-state index contributed by atoms with van der Waals surface area (Å²) in [5.41, 5.74) is -0.488. The lowest BCUT2D eigenvalue weighted by Crippen LogP contribution is -2.49. The summed E-state index contributed by atoms with van der Waals surface area (Å²) >= 11 is 13.6. The van der Waals surface area contributed by atoms with E-state index >= 15 is 0 Å². The zero-order valence-electron chi connectivity index (χ0n) is 12.7. The SMILES string of the molecule is CCC(CC)(CC(=O)O)NC(=O)c1cc(SC)c(Cl)cc1Cl. The molecule has 1 rings (SSSR count). The monoisotopic (exact) mass is 363 g/mol. The molecule has 0 saturated heterocycles. The minimum atomic E-state index is -0.948. The maximum atomic E-state index is 12.5. The summed E-state index contributed by atoms with van der Waals surface area (Å²) in [5, 5.41) is 12.6. The van der Waals surface area contributed by atoms with Crippen LogP contribution in [0.2, 0.25) is 10.0 Å². The molecule has 0 radical (unpaired) electrons. The molecule has 0 atom stereocenters. The fraction of sp³-hybridized carbons (Fsp3) is 0.467. The predicted molar refractivity (Wildman–Crippen MR) is 91.3 cm³/mol. The van der Waals surface area contributed by atoms with E-state index in [0.717, 1.165) is 4.90 Å². The fourth-order valence-corrected chi connectivity index (χ4v) is 3.37. The lowest BCUT2D eigenvalue weighted by molar-refractivity contribution is -0.138. The van der Waals surface area contributed by atoms with Crippen LogP contribution in [0.25, 0.3) is 0 Å². The summed E-state index contributed by atoms with van der Waals surface area (Å²) in [6.45, 7) is 3.70. The van der Waals surface area contributed by atoms with Crippen molar-refractivity contribution in [3.8, 4) is 0 Å². The van der Waals surface area contributed by atoms with Crippen molar-refractivity contribution in [3.05, 3.63) is 27.7 Å². The molecule has 0 fully saturated rings. The molecule has 0 aliphatic carbocycles. The average Bonchev–Trinajstić information content (AvgIpc) is 2.45. The summed E-state index contributed by atoms with van der Waals surface area (Å²) in [7, 11) is 0. The Labute approximate surface area is 144 Å². The third-order valence-electron chi connectivity index (χ3n) is 3.71. The molecule has 4 nitrogen and oxygen atoms in total. The van der Waals surface area contributed by atoms with Crippen LogP contribution in [0.1, 0.15) is 43.5 Å². The Morgan fingerprint density at radius 2 is 1.82 bits per heavy atom. The van der Waals surface area contributed by atoms with Gasteiger partial charge in [-0.2, -0.15) is 0 Å². The van der Waals surface area contributed by atoms with Gasteiger partial charge in [0.25, 0.3) is 5.91 Å². The largest absolute Gasteiger partial charge is 0.481 e. The van der Waals surface area contributed by atoms with Crippen LogP contribution in [0.3, 0.4) is 0 Å². The normalized spacial score (nSPS) is 11.3. The molecule has 0 bridgehead atoms. The second-order valence-corrected chi connectivity index (χ2v) is 6.64. The van der Waals surface area contributed by atoms with Crippen LogP contribution in [-0.2, 0) is 4.79 Å². The van der Waals surface area contributed by atoms with E-state index in [2.05, 4.69) is 5.32 Å². The Kier molecular flexibility index (Phi) is 7.03. The predicted octanol–water partition coefficient (Wildman–Crippen LogP) is 4.48. The Hall–Kier alpha value is -0.910. The molecule has 0 aliphatic heterocycles. The number of carbonyl (C=O) groups is 2. The van der Waals surface area contributed by atoms with Gasteiger partial charge in [0.1, 0.15) is 0 Å². The highest BCUT2D eigenvalue weighted by molar-refractivity contribution is 7.98. The Morgan fingerprint density at radius 3 is 2.27 bits per heavy atom. The third-order valence-corrected chi connectivity index (χ3v) is 5.22. The van der Waals surface area contributed by atoms with Crippen molar-refractivity contribution in [2.75, 3.05) is 6.26 Å². The molecule has 0 heterocycles. The molecule has 22 heavy (non-hydrogen) atoms. The van der Waals surface area contributed by atoms with Crippen LogP contribution in [0.5, 0.6) is 0 Å². The summed E-state index contributed by atoms with van der Waals surface area (Å²) < 4.78 is 0. The highest BCUT2D eigenvalue weighted by Crippen LogP contribution is 2.32. The molecule has 0 aromatic heterocycles. The van der Waals surface area contributed by atoms with Gasteiger partial charge in [-0.25, -0.2) is 0 Å². The lowest BCUT2D eigenvalue weighted by Gasteiger charge is -2.31. The first-order valence-corrected chi connectivity index (χ1v) is 8.84. The molecule has 0 spiro atoms. The van der Waals surface area contributed by atoms with E-state index in [1.807, 2.05) is 20.1 Å². The molecule has 1 aromatic rings. The topological polar surface area (TPSA) is 66.4 Å². The van der Waals surface area contributed by atoms with E-state index < -0.39 is 11.5 Å². The Balaban J connectivity index is 3.12. The molecule has 1 amide bonds. The van der Waals surface area contributed by atoms with Crippen molar-refractivity contribution in [1.29, 1.82) is 0 Å². The van der Waals surface area contributed by atoms with Gasteiger partial charge < -0.3 is 10.4 Å². The second-order valence-electron chi connectivity index (χ2n) is 4.98. The summed E-state index contributed by atoms with van der Waals surface area (Å²) in [5.74, 6) is -1.34. The van der Waals surface area contributed by atoms with E-state index in [1.165, 1.54) is 17.8 Å². The molecule has 122 valence electrons. The van der Waals surface area contributed by atoms with Gasteiger partial charge in [0.2, 0.25) is 0 Å². The van der Waals surface area contributed by atoms with Gasteiger partial charge in [-0.3, -0.25) is 9.59 Å². The number of carbonyl (C=O) groups excluding carboxylic acids is 1. The van der Waals surface area contributed by atoms with Gasteiger partial charge in [-0.1, -0.05) is 37.0 Å². The van der Waals surface area contributed by atoms with Crippen molar-refractivity contribution >= 4 is 46.8 Å². The van der Waals surface area contributed by atoms with Gasteiger partial charge in [-0.05, 0) is 31.2 Å². The van der Waals surface area contributed by atoms with Crippen LogP contribution in [-0.4, -0.2) is 28.8 Å². The highest BCUT2D eigenvalue weighted by atomic mass is 35.5. The van der Waals surface area contributed by atoms with Crippen molar-refractivity contribution in [2.24, 2.45) is 0 Å². The molecule has 7 heteroatoms. The van der Waals surface area contributed by atoms with Crippen LogP contribution in [0.4, 0.5) is 0 Å². The van der Waals surface area contributed by atoms with Gasteiger partial charge in [-0.15, -0.1) is 11.8 Å². The van der Waals surface area contributed by atoms with Crippen LogP contribution in [0, 0.1) is 0 Å². The summed E-state index contributed by atoms with van der Waals surface area (Å²) in [6, 6.07) is 3.15. The van der Waals surface area contributed by atoms with Crippen LogP contribution < -0.4 is 5.32 Å². The molecule has 0 saturated carbocycles. The van der Waals surface area contributed by atoms with E-state index in [9.17, 15) is 9.59 Å². The number of benzene rings is 1. The standard InChI is InChI=1S/C15H19Cl2NO3S/c1-4-15(5-2,8-13(19)20)18-14(21)9-6-12(22-3)11(17)7-10(9)16/h6-7H,4-5,8H2,1-3H3,(H,18,21)(H,19,20). The maximum absolute atomic E-state index is 12.5. The molecule has 0 aliphatic rings. The molecule has 2 N–H and O–H groups in total. The summed E-state index contributed by atoms with van der Waals surface area (Å²) in [4.78, 5) is 24.3. The number of rotatable bonds is 7. The van der Waals surface area contributed by atoms with E-state index in [4.69, 9.17) is 28.3 Å². The second kappa shape index (κ2) is 8.09. The van der Waals surface area contributed by atoms with Gasteiger partial charge >= 0.3 is 5.97 Å². The minimum Gasteiger partial charge on any atom is -0.481 e. The quantitative estimate of drug-likeness (QED) is 0.700. The van der Waals surface area contributed by atoms with E-state index in [-0.39, 0.29) is 17.4 Å². The first-order valence-electron chi connectivity index (χ1n) is 6.86.